The number of amides is 1. The van der Waals surface area contributed by atoms with Gasteiger partial charge >= 0.3 is 0 Å². The number of fused-ring (bicyclic) bond motifs is 3. The first-order chi connectivity index (χ1) is 19.5. The van der Waals surface area contributed by atoms with Gasteiger partial charge in [0, 0.05) is 22.4 Å². The second kappa shape index (κ2) is 11.7. The van der Waals surface area contributed by atoms with E-state index < -0.39 is 0 Å². The molecule has 204 valence electrons. The predicted molar refractivity (Wildman–Crippen MR) is 167 cm³/mol. The SMILES string of the molecule is CC(C)c1ccc(Cc2cnc(NC(=O)CSc3nc4sc5c(c4c(=O)n3-c3ccccc3)CCCC5)s2)cc1. The molecule has 9 heteroatoms. The first kappa shape index (κ1) is 26.9. The average molecular weight is 587 g/mol. The molecule has 5 aromatic rings. The Balaban J connectivity index is 1.19. The molecule has 0 aliphatic heterocycles. The molecule has 6 rings (SSSR count). The van der Waals surface area contributed by atoms with E-state index in [-0.39, 0.29) is 17.2 Å². The van der Waals surface area contributed by atoms with Gasteiger partial charge in [-0.25, -0.2) is 9.97 Å². The Morgan fingerprint density at radius 2 is 1.82 bits per heavy atom. The molecule has 6 nitrogen and oxygen atoms in total. The van der Waals surface area contributed by atoms with Crippen molar-refractivity contribution in [2.24, 2.45) is 0 Å². The van der Waals surface area contributed by atoms with E-state index in [2.05, 4.69) is 48.4 Å². The molecule has 0 fully saturated rings. The fourth-order valence-corrected chi connectivity index (χ4v) is 8.02. The fourth-order valence-electron chi connectivity index (χ4n) is 5.04. The summed E-state index contributed by atoms with van der Waals surface area (Å²) in [4.78, 5) is 39.2. The molecule has 0 spiro atoms. The topological polar surface area (TPSA) is 76.9 Å². The largest absolute Gasteiger partial charge is 0.301 e. The minimum absolute atomic E-state index is 0.0514. The zero-order valence-electron chi connectivity index (χ0n) is 22.5. The van der Waals surface area contributed by atoms with Crippen LogP contribution in [0.15, 0.2) is 70.7 Å². The molecule has 3 heterocycles. The van der Waals surface area contributed by atoms with Crippen LogP contribution in [0.1, 0.15) is 59.1 Å². The summed E-state index contributed by atoms with van der Waals surface area (Å²) >= 11 is 4.39. The number of benzene rings is 2. The first-order valence-electron chi connectivity index (χ1n) is 13.5. The lowest BCUT2D eigenvalue weighted by molar-refractivity contribution is -0.113. The third kappa shape index (κ3) is 5.64. The van der Waals surface area contributed by atoms with Crippen molar-refractivity contribution in [3.63, 3.8) is 0 Å². The maximum Gasteiger partial charge on any atom is 0.267 e. The van der Waals surface area contributed by atoms with Crippen LogP contribution >= 0.6 is 34.4 Å². The highest BCUT2D eigenvalue weighted by Crippen LogP contribution is 2.35. The van der Waals surface area contributed by atoms with Crippen molar-refractivity contribution in [2.75, 3.05) is 11.1 Å². The molecule has 3 aromatic heterocycles. The third-order valence-corrected chi connectivity index (χ3v) is 10.2. The van der Waals surface area contributed by atoms with Crippen molar-refractivity contribution >= 4 is 55.7 Å². The number of carbonyl (C=O) groups is 1. The normalized spacial score (nSPS) is 13.1. The van der Waals surface area contributed by atoms with Gasteiger partial charge in [0.15, 0.2) is 10.3 Å². The van der Waals surface area contributed by atoms with Crippen molar-refractivity contribution < 1.29 is 4.79 Å². The molecule has 0 saturated carbocycles. The number of carbonyl (C=O) groups excluding carboxylic acids is 1. The van der Waals surface area contributed by atoms with Gasteiger partial charge in [0.2, 0.25) is 5.91 Å². The van der Waals surface area contributed by atoms with Crippen LogP contribution < -0.4 is 10.9 Å². The van der Waals surface area contributed by atoms with Crippen LogP contribution in [-0.2, 0) is 24.1 Å². The number of hydrogen-bond acceptors (Lipinski definition) is 7. The summed E-state index contributed by atoms with van der Waals surface area (Å²) in [5.74, 6) is 0.459. The molecule has 0 atom stereocenters. The highest BCUT2D eigenvalue weighted by atomic mass is 32.2. The molecule has 0 bridgehead atoms. The van der Waals surface area contributed by atoms with Crippen molar-refractivity contribution in [2.45, 2.75) is 57.0 Å². The number of nitrogens with zero attached hydrogens (tertiary/aromatic N) is 3. The Bertz CT molecular complexity index is 1720. The summed E-state index contributed by atoms with van der Waals surface area (Å²) in [6.45, 7) is 4.38. The number of rotatable bonds is 8. The number of aryl methyl sites for hydroxylation is 2. The fraction of sp³-hybridized carbons (Fsp3) is 0.290. The highest BCUT2D eigenvalue weighted by Gasteiger charge is 2.23. The number of anilines is 1. The molecule has 1 amide bonds. The predicted octanol–water partition coefficient (Wildman–Crippen LogP) is 7.23. The van der Waals surface area contributed by atoms with E-state index in [0.717, 1.165) is 58.4 Å². The zero-order chi connectivity index (χ0) is 27.6. The lowest BCUT2D eigenvalue weighted by Gasteiger charge is -2.13. The maximum atomic E-state index is 13.8. The second-order valence-electron chi connectivity index (χ2n) is 10.3. The van der Waals surface area contributed by atoms with Gasteiger partial charge in [-0.1, -0.05) is 68.1 Å². The monoisotopic (exact) mass is 586 g/mol. The summed E-state index contributed by atoms with van der Waals surface area (Å²) < 4.78 is 1.66. The van der Waals surface area contributed by atoms with Gasteiger partial charge in [-0.05, 0) is 60.4 Å². The lowest BCUT2D eigenvalue weighted by atomic mass is 9.97. The summed E-state index contributed by atoms with van der Waals surface area (Å²) in [5, 5.41) is 4.78. The minimum Gasteiger partial charge on any atom is -0.301 e. The molecular weight excluding hydrogens is 557 g/mol. The summed E-state index contributed by atoms with van der Waals surface area (Å²) in [7, 11) is 0. The minimum atomic E-state index is -0.174. The molecule has 1 aliphatic rings. The van der Waals surface area contributed by atoms with Crippen molar-refractivity contribution in [3.8, 4) is 5.69 Å². The number of hydrogen-bond donors (Lipinski definition) is 1. The maximum absolute atomic E-state index is 13.8. The van der Waals surface area contributed by atoms with E-state index in [1.165, 1.54) is 39.1 Å². The third-order valence-electron chi connectivity index (χ3n) is 7.13. The molecule has 1 N–H and O–H groups in total. The van der Waals surface area contributed by atoms with Gasteiger partial charge in [0.1, 0.15) is 4.83 Å². The first-order valence-corrected chi connectivity index (χ1v) is 16.2. The van der Waals surface area contributed by atoms with E-state index in [1.54, 1.807) is 15.9 Å². The van der Waals surface area contributed by atoms with Gasteiger partial charge in [0.25, 0.3) is 5.56 Å². The van der Waals surface area contributed by atoms with Crippen LogP contribution in [0, 0.1) is 0 Å². The molecular formula is C31H30N4O2S3. The van der Waals surface area contributed by atoms with Gasteiger partial charge in [-0.3, -0.25) is 14.2 Å². The van der Waals surface area contributed by atoms with Crippen LogP contribution in [0.5, 0.6) is 0 Å². The smallest absolute Gasteiger partial charge is 0.267 e. The summed E-state index contributed by atoms with van der Waals surface area (Å²) in [6.07, 6.45) is 6.78. The van der Waals surface area contributed by atoms with Crippen molar-refractivity contribution in [3.05, 3.63) is 97.6 Å². The van der Waals surface area contributed by atoms with Crippen LogP contribution in [0.3, 0.4) is 0 Å². The number of thiophene rings is 1. The van der Waals surface area contributed by atoms with E-state index in [9.17, 15) is 9.59 Å². The Labute approximate surface area is 245 Å². The van der Waals surface area contributed by atoms with Gasteiger partial charge in [0.05, 0.1) is 16.8 Å². The summed E-state index contributed by atoms with van der Waals surface area (Å²) in [5.41, 5.74) is 4.41. The Morgan fingerprint density at radius 3 is 2.60 bits per heavy atom. The van der Waals surface area contributed by atoms with Crippen LogP contribution in [0.25, 0.3) is 15.9 Å². The standard InChI is InChI=1S/C31H30N4O2S3/c1-19(2)21-14-12-20(13-15-21)16-23-17-32-30(39-23)33-26(36)18-38-31-34-28-27(24-10-6-7-11-25(24)40-28)29(37)35(31)22-8-4-3-5-9-22/h3-5,8-9,12-15,17,19H,6-7,10-11,16,18H2,1-2H3,(H,32,33,36). The van der Waals surface area contributed by atoms with E-state index in [4.69, 9.17) is 4.98 Å². The van der Waals surface area contributed by atoms with Crippen LogP contribution in [0.2, 0.25) is 0 Å². The average Bonchev–Trinajstić information content (AvgIpc) is 3.56. The number of aromatic nitrogens is 3. The number of thiazole rings is 1. The van der Waals surface area contributed by atoms with Gasteiger partial charge < -0.3 is 5.32 Å². The van der Waals surface area contributed by atoms with Crippen molar-refractivity contribution in [1.82, 2.24) is 14.5 Å². The number of para-hydroxylation sites is 1. The zero-order valence-corrected chi connectivity index (χ0v) is 24.9. The van der Waals surface area contributed by atoms with Crippen LogP contribution in [0.4, 0.5) is 5.13 Å². The lowest BCUT2D eigenvalue weighted by Crippen LogP contribution is -2.23. The second-order valence-corrected chi connectivity index (χ2v) is 13.4. The Kier molecular flexibility index (Phi) is 7.87. The molecule has 2 aromatic carbocycles. The Morgan fingerprint density at radius 1 is 1.05 bits per heavy atom. The van der Waals surface area contributed by atoms with Gasteiger partial charge in [-0.15, -0.1) is 22.7 Å². The molecule has 0 radical (unpaired) electrons. The number of thioether (sulfide) groups is 1. The van der Waals surface area contributed by atoms with E-state index in [1.807, 2.05) is 36.5 Å². The van der Waals surface area contributed by atoms with Crippen LogP contribution in [-0.4, -0.2) is 26.2 Å². The summed E-state index contributed by atoms with van der Waals surface area (Å²) in [6, 6.07) is 18.2. The van der Waals surface area contributed by atoms with Crippen molar-refractivity contribution in [1.29, 1.82) is 0 Å². The molecule has 0 saturated heterocycles. The van der Waals surface area contributed by atoms with E-state index >= 15 is 0 Å². The highest BCUT2D eigenvalue weighted by molar-refractivity contribution is 7.99. The molecule has 0 unspecified atom stereocenters. The quantitative estimate of drug-likeness (QED) is 0.153. The molecule has 40 heavy (non-hydrogen) atoms. The van der Waals surface area contributed by atoms with E-state index in [0.29, 0.717) is 16.2 Å². The molecule has 1 aliphatic carbocycles. The van der Waals surface area contributed by atoms with Gasteiger partial charge in [-0.2, -0.15) is 0 Å². The Hall–Kier alpha value is -3.27. The number of nitrogens with one attached hydrogen (secondary N) is 1.